The van der Waals surface area contributed by atoms with Gasteiger partial charge in [0.1, 0.15) is 6.10 Å². The topological polar surface area (TPSA) is 45.3 Å². The number of ether oxygens (including phenoxy) is 1. The summed E-state index contributed by atoms with van der Waals surface area (Å²) < 4.78 is 5.85. The number of hydrogen-bond donors (Lipinski definition) is 1. The minimum absolute atomic E-state index is 0.0353. The predicted molar refractivity (Wildman–Crippen MR) is 93.7 cm³/mol. The Kier molecular flexibility index (Phi) is 4.05. The Morgan fingerprint density at radius 2 is 1.92 bits per heavy atom. The number of morpholine rings is 1. The van der Waals surface area contributed by atoms with Crippen molar-refractivity contribution in [1.82, 2.24) is 9.88 Å². The Bertz CT molecular complexity index is 841. The number of nitrogens with one attached hydrogen (secondary N) is 1. The molecule has 0 bridgehead atoms. The van der Waals surface area contributed by atoms with Crippen molar-refractivity contribution in [2.45, 2.75) is 12.5 Å². The van der Waals surface area contributed by atoms with Gasteiger partial charge in [-0.25, -0.2) is 0 Å². The lowest BCUT2D eigenvalue weighted by atomic mass is 10.1. The summed E-state index contributed by atoms with van der Waals surface area (Å²) in [5.41, 5.74) is 3.25. The van der Waals surface area contributed by atoms with Gasteiger partial charge in [0.25, 0.3) is 0 Å². The highest BCUT2D eigenvalue weighted by molar-refractivity contribution is 5.88. The average Bonchev–Trinajstić information content (AvgIpc) is 3.06. The van der Waals surface area contributed by atoms with Gasteiger partial charge in [0.2, 0.25) is 5.91 Å². The van der Waals surface area contributed by atoms with E-state index in [1.54, 1.807) is 0 Å². The number of hydrogen-bond acceptors (Lipinski definition) is 2. The number of fused-ring (bicyclic) bond motifs is 1. The Morgan fingerprint density at radius 1 is 1.12 bits per heavy atom. The lowest BCUT2D eigenvalue weighted by molar-refractivity contribution is -0.138. The number of H-pyrrole nitrogens is 1. The molecule has 1 aliphatic rings. The van der Waals surface area contributed by atoms with Crippen molar-refractivity contribution in [3.63, 3.8) is 0 Å². The monoisotopic (exact) mass is 320 g/mol. The minimum atomic E-state index is -0.0353. The van der Waals surface area contributed by atoms with Gasteiger partial charge in [0.15, 0.2) is 0 Å². The summed E-state index contributed by atoms with van der Waals surface area (Å²) in [5, 5.41) is 1.12. The van der Waals surface area contributed by atoms with Crippen molar-refractivity contribution in [3.8, 4) is 0 Å². The number of benzene rings is 2. The van der Waals surface area contributed by atoms with Crippen molar-refractivity contribution in [2.24, 2.45) is 0 Å². The molecule has 0 saturated carbocycles. The number of amides is 1. The van der Waals surface area contributed by atoms with Gasteiger partial charge < -0.3 is 14.6 Å². The van der Waals surface area contributed by atoms with Crippen LogP contribution in [0.2, 0.25) is 0 Å². The Hall–Kier alpha value is -2.59. The number of para-hydroxylation sites is 1. The molecule has 4 heteroatoms. The van der Waals surface area contributed by atoms with Gasteiger partial charge in [-0.05, 0) is 17.2 Å². The zero-order chi connectivity index (χ0) is 16.4. The molecule has 1 aliphatic heterocycles. The van der Waals surface area contributed by atoms with E-state index in [1.807, 2.05) is 47.5 Å². The maximum atomic E-state index is 12.7. The Balaban J connectivity index is 1.48. The van der Waals surface area contributed by atoms with Crippen LogP contribution in [-0.2, 0) is 16.0 Å². The summed E-state index contributed by atoms with van der Waals surface area (Å²) >= 11 is 0. The average molecular weight is 320 g/mol. The molecule has 1 saturated heterocycles. The third-order valence-corrected chi connectivity index (χ3v) is 4.61. The lowest BCUT2D eigenvalue weighted by Crippen LogP contribution is -2.42. The van der Waals surface area contributed by atoms with E-state index >= 15 is 0 Å². The summed E-state index contributed by atoms with van der Waals surface area (Å²) in [6, 6.07) is 18.2. The zero-order valence-corrected chi connectivity index (χ0v) is 13.4. The maximum Gasteiger partial charge on any atom is 0.227 e. The third kappa shape index (κ3) is 2.93. The fraction of sp³-hybridized carbons (Fsp3) is 0.250. The standard InChI is InChI=1S/C20H20N2O2/c23-20(12-16-13-21-18-9-5-4-8-17(16)18)22-10-11-24-19(14-22)15-6-2-1-3-7-15/h1-9,13,19,21H,10-12,14H2. The van der Waals surface area contributed by atoms with Crippen LogP contribution < -0.4 is 0 Å². The number of rotatable bonds is 3. The first-order valence-electron chi connectivity index (χ1n) is 8.30. The van der Waals surface area contributed by atoms with E-state index in [1.165, 1.54) is 0 Å². The van der Waals surface area contributed by atoms with Crippen molar-refractivity contribution in [3.05, 3.63) is 71.9 Å². The summed E-state index contributed by atoms with van der Waals surface area (Å²) in [7, 11) is 0. The molecule has 1 fully saturated rings. The minimum Gasteiger partial charge on any atom is -0.370 e. The fourth-order valence-corrected chi connectivity index (χ4v) is 3.30. The molecule has 0 radical (unpaired) electrons. The molecule has 3 aromatic rings. The van der Waals surface area contributed by atoms with Crippen molar-refractivity contribution in [2.75, 3.05) is 19.7 Å². The SMILES string of the molecule is O=C(Cc1c[nH]c2ccccc12)N1CCOC(c2ccccc2)C1. The lowest BCUT2D eigenvalue weighted by Gasteiger charge is -2.33. The molecule has 1 unspecified atom stereocenters. The quantitative estimate of drug-likeness (QED) is 0.805. The number of aromatic nitrogens is 1. The number of aromatic amines is 1. The summed E-state index contributed by atoms with van der Waals surface area (Å²) in [6.45, 7) is 1.86. The molecule has 1 aromatic heterocycles. The molecule has 122 valence electrons. The van der Waals surface area contributed by atoms with Crippen LogP contribution in [0.15, 0.2) is 60.8 Å². The first kappa shape index (κ1) is 15.0. The molecule has 4 nitrogen and oxygen atoms in total. The number of carbonyl (C=O) groups is 1. The van der Waals surface area contributed by atoms with E-state index in [0.717, 1.165) is 22.0 Å². The van der Waals surface area contributed by atoms with Gasteiger partial charge in [-0.3, -0.25) is 4.79 Å². The van der Waals surface area contributed by atoms with Crippen LogP contribution in [0, 0.1) is 0 Å². The molecule has 2 aromatic carbocycles. The van der Waals surface area contributed by atoms with Crippen LogP contribution in [0.4, 0.5) is 0 Å². The number of carbonyl (C=O) groups excluding carboxylic acids is 1. The predicted octanol–water partition coefficient (Wildman–Crippen LogP) is 3.31. The van der Waals surface area contributed by atoms with Gasteiger partial charge in [-0.1, -0.05) is 48.5 Å². The molecule has 1 atom stereocenters. The van der Waals surface area contributed by atoms with E-state index in [9.17, 15) is 4.79 Å². The fourth-order valence-electron chi connectivity index (χ4n) is 3.30. The first-order valence-corrected chi connectivity index (χ1v) is 8.30. The molecule has 1 amide bonds. The van der Waals surface area contributed by atoms with Crippen LogP contribution in [0.5, 0.6) is 0 Å². The molecule has 24 heavy (non-hydrogen) atoms. The van der Waals surface area contributed by atoms with E-state index < -0.39 is 0 Å². The van der Waals surface area contributed by atoms with Crippen molar-refractivity contribution < 1.29 is 9.53 Å². The van der Waals surface area contributed by atoms with E-state index in [0.29, 0.717) is 26.1 Å². The molecule has 1 N–H and O–H groups in total. The molecular formula is C20H20N2O2. The van der Waals surface area contributed by atoms with Crippen LogP contribution >= 0.6 is 0 Å². The molecule has 4 rings (SSSR count). The normalized spacial score (nSPS) is 18.0. The van der Waals surface area contributed by atoms with Crippen molar-refractivity contribution >= 4 is 16.8 Å². The second-order valence-electron chi connectivity index (χ2n) is 6.15. The molecular weight excluding hydrogens is 300 g/mol. The van der Waals surface area contributed by atoms with Crippen LogP contribution in [-0.4, -0.2) is 35.5 Å². The van der Waals surface area contributed by atoms with Gasteiger partial charge in [0.05, 0.1) is 19.6 Å². The smallest absolute Gasteiger partial charge is 0.227 e. The second-order valence-corrected chi connectivity index (χ2v) is 6.15. The highest BCUT2D eigenvalue weighted by Gasteiger charge is 2.25. The summed E-state index contributed by atoms with van der Waals surface area (Å²) in [4.78, 5) is 17.9. The van der Waals surface area contributed by atoms with E-state index in [-0.39, 0.29) is 12.0 Å². The van der Waals surface area contributed by atoms with E-state index in [4.69, 9.17) is 4.74 Å². The van der Waals surface area contributed by atoms with Crippen molar-refractivity contribution in [1.29, 1.82) is 0 Å². The Morgan fingerprint density at radius 3 is 2.79 bits per heavy atom. The van der Waals surface area contributed by atoms with Gasteiger partial charge in [-0.2, -0.15) is 0 Å². The summed E-state index contributed by atoms with van der Waals surface area (Å²) in [5.74, 6) is 0.156. The molecule has 2 heterocycles. The van der Waals surface area contributed by atoms with Gasteiger partial charge in [-0.15, -0.1) is 0 Å². The third-order valence-electron chi connectivity index (χ3n) is 4.61. The van der Waals surface area contributed by atoms with Crippen LogP contribution in [0.25, 0.3) is 10.9 Å². The summed E-state index contributed by atoms with van der Waals surface area (Å²) in [6.07, 6.45) is 2.33. The molecule has 0 spiro atoms. The second kappa shape index (κ2) is 6.49. The van der Waals surface area contributed by atoms with Crippen LogP contribution in [0.3, 0.4) is 0 Å². The molecule has 0 aliphatic carbocycles. The highest BCUT2D eigenvalue weighted by Crippen LogP contribution is 2.23. The maximum absolute atomic E-state index is 12.7. The van der Waals surface area contributed by atoms with Gasteiger partial charge in [0, 0.05) is 23.6 Å². The highest BCUT2D eigenvalue weighted by atomic mass is 16.5. The van der Waals surface area contributed by atoms with Gasteiger partial charge >= 0.3 is 0 Å². The van der Waals surface area contributed by atoms with Crippen LogP contribution in [0.1, 0.15) is 17.2 Å². The largest absolute Gasteiger partial charge is 0.370 e. The number of nitrogens with zero attached hydrogens (tertiary/aromatic N) is 1. The first-order chi connectivity index (χ1) is 11.8. The zero-order valence-electron chi connectivity index (χ0n) is 13.4. The Labute approximate surface area is 141 Å². The van der Waals surface area contributed by atoms with E-state index in [2.05, 4.69) is 23.2 Å².